The lowest BCUT2D eigenvalue weighted by atomic mass is 10.9. The van der Waals surface area contributed by atoms with Gasteiger partial charge < -0.3 is 10.6 Å². The molecular weight excluding hydrogens is 135 g/mol. The molecule has 1 aliphatic rings. The maximum absolute atomic E-state index is 5.44. The first kappa shape index (κ1) is 5.06. The first-order chi connectivity index (χ1) is 3.30. The van der Waals surface area contributed by atoms with Crippen molar-refractivity contribution in [3.05, 3.63) is 10.3 Å². The summed E-state index contributed by atoms with van der Waals surface area (Å²) >= 11 is 10.9. The smallest absolute Gasteiger partial charge is 0.139 e. The van der Waals surface area contributed by atoms with Gasteiger partial charge in [0.25, 0.3) is 0 Å². The summed E-state index contributed by atoms with van der Waals surface area (Å²) in [6, 6.07) is 0. The summed E-state index contributed by atoms with van der Waals surface area (Å²) in [5, 5.41) is 6.55. The predicted octanol–water partition coefficient (Wildman–Crippen LogP) is 0.741. The summed E-state index contributed by atoms with van der Waals surface area (Å²) in [6.07, 6.45) is 0. The van der Waals surface area contributed by atoms with E-state index in [-0.39, 0.29) is 0 Å². The maximum Gasteiger partial charge on any atom is 0.139 e. The minimum absolute atomic E-state index is 0.502. The van der Waals surface area contributed by atoms with Crippen molar-refractivity contribution in [2.24, 2.45) is 0 Å². The topological polar surface area (TPSA) is 24.1 Å². The van der Waals surface area contributed by atoms with Crippen molar-refractivity contribution >= 4 is 23.2 Å². The predicted molar refractivity (Wildman–Crippen MR) is 29.9 cm³/mol. The van der Waals surface area contributed by atoms with E-state index in [2.05, 4.69) is 10.6 Å². The molecule has 4 heteroatoms. The minimum atomic E-state index is 0.502. The zero-order chi connectivity index (χ0) is 5.28. The van der Waals surface area contributed by atoms with Crippen LogP contribution in [0, 0.1) is 0 Å². The molecular formula is C3H4Cl2N2. The molecule has 0 fully saturated rings. The van der Waals surface area contributed by atoms with Gasteiger partial charge in [0.15, 0.2) is 0 Å². The minimum Gasteiger partial charge on any atom is -0.356 e. The summed E-state index contributed by atoms with van der Waals surface area (Å²) in [5.74, 6) is 0. The number of hydrogen-bond donors (Lipinski definition) is 2. The van der Waals surface area contributed by atoms with Gasteiger partial charge in [0.05, 0.1) is 6.67 Å². The fraction of sp³-hybridized carbons (Fsp3) is 0.333. The third-order valence-electron chi connectivity index (χ3n) is 0.680. The first-order valence-corrected chi connectivity index (χ1v) is 2.59. The van der Waals surface area contributed by atoms with Crippen LogP contribution >= 0.6 is 23.2 Å². The van der Waals surface area contributed by atoms with Gasteiger partial charge in [0, 0.05) is 0 Å². The van der Waals surface area contributed by atoms with Crippen LogP contribution in [0.2, 0.25) is 0 Å². The molecule has 1 rings (SSSR count). The van der Waals surface area contributed by atoms with Gasteiger partial charge in [0.1, 0.15) is 10.3 Å². The molecule has 0 spiro atoms. The molecule has 0 aromatic rings. The Bertz CT molecular complexity index is 97.5. The number of halogens is 2. The van der Waals surface area contributed by atoms with Gasteiger partial charge in [-0.1, -0.05) is 23.2 Å². The van der Waals surface area contributed by atoms with Crippen LogP contribution in [-0.2, 0) is 0 Å². The molecule has 0 saturated heterocycles. The lowest BCUT2D eigenvalue weighted by Gasteiger charge is -1.85. The van der Waals surface area contributed by atoms with Crippen LogP contribution in [0.5, 0.6) is 0 Å². The normalized spacial score (nSPS) is 19.1. The van der Waals surface area contributed by atoms with Gasteiger partial charge in [0.2, 0.25) is 0 Å². The molecule has 0 aromatic carbocycles. The van der Waals surface area contributed by atoms with Crippen molar-refractivity contribution in [3.8, 4) is 0 Å². The summed E-state index contributed by atoms with van der Waals surface area (Å²) < 4.78 is 0. The van der Waals surface area contributed by atoms with Crippen molar-refractivity contribution in [1.82, 2.24) is 10.6 Å². The Morgan fingerprint density at radius 3 is 1.71 bits per heavy atom. The first-order valence-electron chi connectivity index (χ1n) is 1.84. The Morgan fingerprint density at radius 2 is 1.57 bits per heavy atom. The second kappa shape index (κ2) is 1.80. The van der Waals surface area contributed by atoms with Crippen molar-refractivity contribution in [2.45, 2.75) is 0 Å². The monoisotopic (exact) mass is 138 g/mol. The van der Waals surface area contributed by atoms with Gasteiger partial charge in [-0.15, -0.1) is 0 Å². The highest BCUT2D eigenvalue weighted by Gasteiger charge is 2.05. The van der Waals surface area contributed by atoms with Crippen LogP contribution in [0.25, 0.3) is 0 Å². The highest BCUT2D eigenvalue weighted by molar-refractivity contribution is 6.38. The Labute approximate surface area is 51.5 Å². The van der Waals surface area contributed by atoms with Crippen LogP contribution in [0.1, 0.15) is 0 Å². The average molecular weight is 139 g/mol. The largest absolute Gasteiger partial charge is 0.356 e. The Balaban J connectivity index is 2.64. The molecule has 0 atom stereocenters. The molecule has 0 aromatic heterocycles. The molecule has 0 aliphatic carbocycles. The van der Waals surface area contributed by atoms with E-state index in [0.717, 1.165) is 0 Å². The molecule has 1 aliphatic heterocycles. The highest BCUT2D eigenvalue weighted by Crippen LogP contribution is 2.10. The Kier molecular flexibility index (Phi) is 1.30. The van der Waals surface area contributed by atoms with Gasteiger partial charge in [-0.25, -0.2) is 0 Å². The fourth-order valence-corrected chi connectivity index (χ4v) is 0.622. The number of rotatable bonds is 0. The van der Waals surface area contributed by atoms with Crippen LogP contribution in [-0.4, -0.2) is 6.67 Å². The molecule has 0 radical (unpaired) electrons. The molecule has 0 bridgehead atoms. The van der Waals surface area contributed by atoms with E-state index in [1.807, 2.05) is 0 Å². The molecule has 40 valence electrons. The molecule has 7 heavy (non-hydrogen) atoms. The summed E-state index contributed by atoms with van der Waals surface area (Å²) in [4.78, 5) is 0. The summed E-state index contributed by atoms with van der Waals surface area (Å²) in [5.41, 5.74) is 0. The molecule has 2 nitrogen and oxygen atoms in total. The van der Waals surface area contributed by atoms with E-state index in [4.69, 9.17) is 23.2 Å². The standard InChI is InChI=1S/C3H4Cl2N2/c4-2-3(5)7-1-6-2/h6-7H,1H2. The second-order valence-electron chi connectivity index (χ2n) is 1.16. The molecule has 0 amide bonds. The lowest BCUT2D eigenvalue weighted by molar-refractivity contribution is 0.824. The Hall–Kier alpha value is -0.0800. The SMILES string of the molecule is ClC1=C(Cl)NCN1. The summed E-state index contributed by atoms with van der Waals surface area (Å²) in [6.45, 7) is 0.637. The van der Waals surface area contributed by atoms with E-state index in [1.165, 1.54) is 0 Å². The highest BCUT2D eigenvalue weighted by atomic mass is 35.5. The lowest BCUT2D eigenvalue weighted by Crippen LogP contribution is -2.13. The van der Waals surface area contributed by atoms with E-state index in [9.17, 15) is 0 Å². The van der Waals surface area contributed by atoms with Crippen molar-refractivity contribution < 1.29 is 0 Å². The van der Waals surface area contributed by atoms with E-state index < -0.39 is 0 Å². The average Bonchev–Trinajstić information content (AvgIpc) is 1.91. The molecule has 2 N–H and O–H groups in total. The zero-order valence-corrected chi connectivity index (χ0v) is 4.97. The van der Waals surface area contributed by atoms with Crippen molar-refractivity contribution in [3.63, 3.8) is 0 Å². The molecule has 1 heterocycles. The summed E-state index contributed by atoms with van der Waals surface area (Å²) in [7, 11) is 0. The maximum atomic E-state index is 5.44. The van der Waals surface area contributed by atoms with Crippen LogP contribution < -0.4 is 10.6 Å². The third kappa shape index (κ3) is 0.924. The van der Waals surface area contributed by atoms with Crippen LogP contribution in [0.15, 0.2) is 10.3 Å². The van der Waals surface area contributed by atoms with Gasteiger partial charge in [-0.2, -0.15) is 0 Å². The Morgan fingerprint density at radius 1 is 1.14 bits per heavy atom. The van der Waals surface area contributed by atoms with Gasteiger partial charge in [-0.3, -0.25) is 0 Å². The second-order valence-corrected chi connectivity index (χ2v) is 1.91. The fourth-order valence-electron chi connectivity index (χ4n) is 0.355. The zero-order valence-electron chi connectivity index (χ0n) is 3.46. The van der Waals surface area contributed by atoms with E-state index in [0.29, 0.717) is 17.0 Å². The number of nitrogens with one attached hydrogen (secondary N) is 2. The van der Waals surface area contributed by atoms with Gasteiger partial charge >= 0.3 is 0 Å². The van der Waals surface area contributed by atoms with Crippen LogP contribution in [0.4, 0.5) is 0 Å². The van der Waals surface area contributed by atoms with Crippen molar-refractivity contribution in [2.75, 3.05) is 6.67 Å². The molecule has 0 saturated carbocycles. The van der Waals surface area contributed by atoms with Crippen LogP contribution in [0.3, 0.4) is 0 Å². The third-order valence-corrected chi connectivity index (χ3v) is 1.42. The molecule has 0 unspecified atom stereocenters. The van der Waals surface area contributed by atoms with E-state index in [1.54, 1.807) is 0 Å². The van der Waals surface area contributed by atoms with Gasteiger partial charge in [-0.05, 0) is 0 Å². The van der Waals surface area contributed by atoms with Crippen molar-refractivity contribution in [1.29, 1.82) is 0 Å². The quantitative estimate of drug-likeness (QED) is 0.483. The number of hydrogen-bond acceptors (Lipinski definition) is 2. The van der Waals surface area contributed by atoms with E-state index >= 15 is 0 Å².